The van der Waals surface area contributed by atoms with Crippen LogP contribution >= 0.6 is 27.5 Å². The maximum absolute atomic E-state index is 13.5. The fourth-order valence-electron chi connectivity index (χ4n) is 1.46. The Hall–Kier alpha value is -1.46. The zero-order chi connectivity index (χ0) is 14.0. The number of carbonyl (C=O) groups excluding carboxylic acids is 1. The molecule has 0 aliphatic rings. The van der Waals surface area contributed by atoms with E-state index in [2.05, 4.69) is 21.2 Å². The minimum absolute atomic E-state index is 0.299. The Balaban J connectivity index is 2.31. The number of amides is 1. The van der Waals surface area contributed by atoms with Crippen molar-refractivity contribution in [3.8, 4) is 0 Å². The van der Waals surface area contributed by atoms with Crippen LogP contribution in [0, 0.1) is 11.6 Å². The molecule has 2 aromatic carbocycles. The van der Waals surface area contributed by atoms with Gasteiger partial charge in [0.2, 0.25) is 0 Å². The van der Waals surface area contributed by atoms with E-state index in [1.54, 1.807) is 18.2 Å². The summed E-state index contributed by atoms with van der Waals surface area (Å²) in [6.07, 6.45) is 0. The van der Waals surface area contributed by atoms with E-state index in [-0.39, 0.29) is 5.56 Å². The first kappa shape index (κ1) is 14.0. The molecule has 0 heterocycles. The molecule has 2 nitrogen and oxygen atoms in total. The van der Waals surface area contributed by atoms with Gasteiger partial charge in [-0.05, 0) is 30.3 Å². The second kappa shape index (κ2) is 5.67. The van der Waals surface area contributed by atoms with E-state index in [9.17, 15) is 13.6 Å². The molecular formula is C13H7BrClF2NO. The minimum Gasteiger partial charge on any atom is -0.321 e. The van der Waals surface area contributed by atoms with Crippen molar-refractivity contribution in [3.63, 3.8) is 0 Å². The van der Waals surface area contributed by atoms with Crippen molar-refractivity contribution in [3.05, 3.63) is 63.1 Å². The highest BCUT2D eigenvalue weighted by atomic mass is 79.9. The van der Waals surface area contributed by atoms with Gasteiger partial charge in [-0.15, -0.1) is 0 Å². The molecule has 0 radical (unpaired) electrons. The van der Waals surface area contributed by atoms with E-state index in [1.807, 2.05) is 0 Å². The van der Waals surface area contributed by atoms with Gasteiger partial charge in [-0.2, -0.15) is 0 Å². The quantitative estimate of drug-likeness (QED) is 0.844. The van der Waals surface area contributed by atoms with Crippen LogP contribution in [0.4, 0.5) is 14.5 Å². The lowest BCUT2D eigenvalue weighted by atomic mass is 10.2. The Morgan fingerprint density at radius 2 is 1.95 bits per heavy atom. The molecule has 98 valence electrons. The molecule has 19 heavy (non-hydrogen) atoms. The standard InChI is InChI=1S/C13H7BrClF2NO/c14-7-4-5-9(15)11(6-7)18-13(19)8-2-1-3-10(16)12(8)17/h1-6H,(H,18,19). The van der Waals surface area contributed by atoms with E-state index in [0.29, 0.717) is 15.2 Å². The summed E-state index contributed by atoms with van der Waals surface area (Å²) in [4.78, 5) is 11.9. The van der Waals surface area contributed by atoms with E-state index in [4.69, 9.17) is 11.6 Å². The first-order valence-corrected chi connectivity index (χ1v) is 6.36. The Labute approximate surface area is 121 Å². The van der Waals surface area contributed by atoms with Crippen molar-refractivity contribution in [2.24, 2.45) is 0 Å². The van der Waals surface area contributed by atoms with Crippen molar-refractivity contribution in [1.82, 2.24) is 0 Å². The third-order valence-electron chi connectivity index (χ3n) is 2.37. The summed E-state index contributed by atoms with van der Waals surface area (Å²) in [7, 11) is 0. The maximum Gasteiger partial charge on any atom is 0.258 e. The molecule has 1 amide bonds. The molecular weight excluding hydrogens is 340 g/mol. The van der Waals surface area contributed by atoms with Crippen molar-refractivity contribution < 1.29 is 13.6 Å². The molecule has 0 fully saturated rings. The van der Waals surface area contributed by atoms with Gasteiger partial charge in [-0.25, -0.2) is 8.78 Å². The minimum atomic E-state index is -1.19. The van der Waals surface area contributed by atoms with Crippen LogP contribution in [0.3, 0.4) is 0 Å². The molecule has 0 saturated heterocycles. The van der Waals surface area contributed by atoms with E-state index < -0.39 is 17.5 Å². The van der Waals surface area contributed by atoms with E-state index in [0.717, 1.165) is 6.07 Å². The maximum atomic E-state index is 13.5. The molecule has 0 unspecified atom stereocenters. The van der Waals surface area contributed by atoms with Gasteiger partial charge in [-0.1, -0.05) is 33.6 Å². The zero-order valence-electron chi connectivity index (χ0n) is 9.38. The molecule has 2 rings (SSSR count). The van der Waals surface area contributed by atoms with Gasteiger partial charge in [0.1, 0.15) is 0 Å². The number of rotatable bonds is 2. The summed E-state index contributed by atoms with van der Waals surface area (Å²) in [5.74, 6) is -3.03. The predicted octanol–water partition coefficient (Wildman–Crippen LogP) is 4.63. The Morgan fingerprint density at radius 1 is 1.21 bits per heavy atom. The van der Waals surface area contributed by atoms with Crippen LogP contribution in [0.25, 0.3) is 0 Å². The van der Waals surface area contributed by atoms with Crippen LogP contribution in [0.1, 0.15) is 10.4 Å². The molecule has 0 aliphatic carbocycles. The third-order valence-corrected chi connectivity index (χ3v) is 3.20. The van der Waals surface area contributed by atoms with Crippen LogP contribution in [0.5, 0.6) is 0 Å². The van der Waals surface area contributed by atoms with Crippen LogP contribution < -0.4 is 5.32 Å². The molecule has 2 aromatic rings. The normalized spacial score (nSPS) is 10.3. The highest BCUT2D eigenvalue weighted by Crippen LogP contribution is 2.26. The van der Waals surface area contributed by atoms with Gasteiger partial charge < -0.3 is 5.32 Å². The highest BCUT2D eigenvalue weighted by molar-refractivity contribution is 9.10. The largest absolute Gasteiger partial charge is 0.321 e. The average Bonchev–Trinajstić information content (AvgIpc) is 2.37. The number of benzene rings is 2. The van der Waals surface area contributed by atoms with Crippen LogP contribution in [0.2, 0.25) is 5.02 Å². The van der Waals surface area contributed by atoms with E-state index in [1.165, 1.54) is 12.1 Å². The fraction of sp³-hybridized carbons (Fsp3) is 0. The molecule has 0 aromatic heterocycles. The number of hydrogen-bond donors (Lipinski definition) is 1. The zero-order valence-corrected chi connectivity index (χ0v) is 11.7. The number of hydrogen-bond acceptors (Lipinski definition) is 1. The lowest BCUT2D eigenvalue weighted by molar-refractivity contribution is 0.102. The second-order valence-electron chi connectivity index (χ2n) is 3.68. The van der Waals surface area contributed by atoms with Crippen LogP contribution in [0.15, 0.2) is 40.9 Å². The molecule has 6 heteroatoms. The number of nitrogens with one attached hydrogen (secondary N) is 1. The topological polar surface area (TPSA) is 29.1 Å². The summed E-state index contributed by atoms with van der Waals surface area (Å²) in [5, 5.41) is 2.73. The van der Waals surface area contributed by atoms with Gasteiger partial charge in [0.15, 0.2) is 11.6 Å². The number of anilines is 1. The monoisotopic (exact) mass is 345 g/mol. The lowest BCUT2D eigenvalue weighted by Gasteiger charge is -2.08. The molecule has 0 aliphatic heterocycles. The van der Waals surface area contributed by atoms with Crippen molar-refractivity contribution in [1.29, 1.82) is 0 Å². The van der Waals surface area contributed by atoms with E-state index >= 15 is 0 Å². The average molecular weight is 347 g/mol. The van der Waals surface area contributed by atoms with Crippen molar-refractivity contribution in [2.45, 2.75) is 0 Å². The Kier molecular flexibility index (Phi) is 4.17. The van der Waals surface area contributed by atoms with Crippen LogP contribution in [-0.2, 0) is 0 Å². The van der Waals surface area contributed by atoms with Gasteiger partial charge in [0, 0.05) is 4.47 Å². The predicted molar refractivity (Wildman–Crippen MR) is 73.5 cm³/mol. The molecule has 1 N–H and O–H groups in total. The summed E-state index contributed by atoms with van der Waals surface area (Å²) in [5.41, 5.74) is -0.0688. The summed E-state index contributed by atoms with van der Waals surface area (Å²) < 4.78 is 27.2. The smallest absolute Gasteiger partial charge is 0.258 e. The van der Waals surface area contributed by atoms with Crippen molar-refractivity contribution >= 4 is 39.1 Å². The Morgan fingerprint density at radius 3 is 2.68 bits per heavy atom. The third kappa shape index (κ3) is 3.11. The van der Waals surface area contributed by atoms with Gasteiger partial charge >= 0.3 is 0 Å². The Bertz CT molecular complexity index is 649. The number of halogens is 4. The molecule has 0 atom stereocenters. The summed E-state index contributed by atoms with van der Waals surface area (Å²) in [6, 6.07) is 8.23. The van der Waals surface area contributed by atoms with Gasteiger partial charge in [0.05, 0.1) is 16.3 Å². The summed E-state index contributed by atoms with van der Waals surface area (Å²) in [6.45, 7) is 0. The fourth-order valence-corrected chi connectivity index (χ4v) is 1.99. The molecule has 0 saturated carbocycles. The van der Waals surface area contributed by atoms with Gasteiger partial charge in [-0.3, -0.25) is 4.79 Å². The van der Waals surface area contributed by atoms with Gasteiger partial charge in [0.25, 0.3) is 5.91 Å². The lowest BCUT2D eigenvalue weighted by Crippen LogP contribution is -2.14. The van der Waals surface area contributed by atoms with Crippen LogP contribution in [-0.4, -0.2) is 5.91 Å². The summed E-state index contributed by atoms with van der Waals surface area (Å²) >= 11 is 9.12. The first-order valence-electron chi connectivity index (χ1n) is 5.19. The first-order chi connectivity index (χ1) is 8.99. The molecule has 0 bridgehead atoms. The van der Waals surface area contributed by atoms with Crippen molar-refractivity contribution in [2.75, 3.05) is 5.32 Å². The highest BCUT2D eigenvalue weighted by Gasteiger charge is 2.16. The SMILES string of the molecule is O=C(Nc1cc(Br)ccc1Cl)c1cccc(F)c1F. The second-order valence-corrected chi connectivity index (χ2v) is 5.00. The molecule has 0 spiro atoms. The number of carbonyl (C=O) groups is 1.